The van der Waals surface area contributed by atoms with Gasteiger partial charge in [-0.3, -0.25) is 9.59 Å². The predicted molar refractivity (Wildman–Crippen MR) is 75.7 cm³/mol. The Labute approximate surface area is 113 Å². The Morgan fingerprint density at radius 3 is 2.11 bits per heavy atom. The van der Waals surface area contributed by atoms with E-state index in [-0.39, 0.29) is 11.6 Å². The highest BCUT2D eigenvalue weighted by molar-refractivity contribution is 6.08. The first-order chi connectivity index (χ1) is 9.09. The van der Waals surface area contributed by atoms with Crippen LogP contribution < -0.4 is 0 Å². The Morgan fingerprint density at radius 2 is 1.53 bits per heavy atom. The van der Waals surface area contributed by atoms with Crippen LogP contribution in [0.4, 0.5) is 0 Å². The number of rotatable bonds is 4. The van der Waals surface area contributed by atoms with Crippen LogP contribution in [0.1, 0.15) is 45.7 Å². The maximum absolute atomic E-state index is 11.8. The van der Waals surface area contributed by atoms with Crippen LogP contribution in [-0.2, 0) is 6.42 Å². The van der Waals surface area contributed by atoms with E-state index in [1.165, 1.54) is 13.8 Å². The van der Waals surface area contributed by atoms with Crippen LogP contribution in [-0.4, -0.2) is 11.6 Å². The van der Waals surface area contributed by atoms with Gasteiger partial charge in [0, 0.05) is 11.1 Å². The molecule has 0 aromatic heterocycles. The van der Waals surface area contributed by atoms with Gasteiger partial charge in [-0.2, -0.15) is 0 Å². The van der Waals surface area contributed by atoms with E-state index in [0.29, 0.717) is 17.5 Å². The van der Waals surface area contributed by atoms with Crippen molar-refractivity contribution < 1.29 is 9.59 Å². The van der Waals surface area contributed by atoms with Crippen molar-refractivity contribution in [2.45, 2.75) is 20.3 Å². The van der Waals surface area contributed by atoms with E-state index < -0.39 is 0 Å². The SMILES string of the molecule is CC(=O)c1cccc(Cc2ccccc2)c1C(C)=O. The van der Waals surface area contributed by atoms with Gasteiger partial charge >= 0.3 is 0 Å². The van der Waals surface area contributed by atoms with Gasteiger partial charge in [-0.15, -0.1) is 0 Å². The quantitative estimate of drug-likeness (QED) is 0.778. The molecule has 0 aliphatic rings. The summed E-state index contributed by atoms with van der Waals surface area (Å²) >= 11 is 0. The molecule has 0 saturated carbocycles. The molecule has 0 aliphatic heterocycles. The molecule has 2 rings (SSSR count). The maximum atomic E-state index is 11.8. The molecule has 0 aliphatic carbocycles. The maximum Gasteiger partial charge on any atom is 0.160 e. The molecule has 0 atom stereocenters. The minimum absolute atomic E-state index is 0.0586. The summed E-state index contributed by atoms with van der Waals surface area (Å²) in [5.74, 6) is -0.128. The van der Waals surface area contributed by atoms with Crippen LogP contribution in [0, 0.1) is 0 Å². The summed E-state index contributed by atoms with van der Waals surface area (Å²) in [6.07, 6.45) is 0.664. The summed E-state index contributed by atoms with van der Waals surface area (Å²) in [4.78, 5) is 23.5. The largest absolute Gasteiger partial charge is 0.294 e. The van der Waals surface area contributed by atoms with Crippen LogP contribution in [0.2, 0.25) is 0 Å². The van der Waals surface area contributed by atoms with Crippen molar-refractivity contribution in [2.24, 2.45) is 0 Å². The Kier molecular flexibility index (Phi) is 3.91. The lowest BCUT2D eigenvalue weighted by molar-refractivity contribution is 0.0980. The highest BCUT2D eigenvalue weighted by Crippen LogP contribution is 2.19. The van der Waals surface area contributed by atoms with E-state index in [1.807, 2.05) is 42.5 Å². The second-order valence-corrected chi connectivity index (χ2v) is 4.61. The van der Waals surface area contributed by atoms with Crippen LogP contribution in [0.5, 0.6) is 0 Å². The van der Waals surface area contributed by atoms with Gasteiger partial charge < -0.3 is 0 Å². The van der Waals surface area contributed by atoms with E-state index in [4.69, 9.17) is 0 Å². The number of carbonyl (C=O) groups is 2. The molecule has 2 heteroatoms. The first-order valence-corrected chi connectivity index (χ1v) is 6.27. The molecular weight excluding hydrogens is 236 g/mol. The minimum Gasteiger partial charge on any atom is -0.294 e. The number of hydrogen-bond donors (Lipinski definition) is 0. The van der Waals surface area contributed by atoms with Crippen molar-refractivity contribution >= 4 is 11.6 Å². The lowest BCUT2D eigenvalue weighted by atomic mass is 9.92. The molecule has 2 nitrogen and oxygen atoms in total. The molecule has 19 heavy (non-hydrogen) atoms. The molecule has 0 heterocycles. The van der Waals surface area contributed by atoms with Crippen molar-refractivity contribution in [3.63, 3.8) is 0 Å². The van der Waals surface area contributed by atoms with Crippen molar-refractivity contribution in [2.75, 3.05) is 0 Å². The van der Waals surface area contributed by atoms with E-state index >= 15 is 0 Å². The molecule has 0 radical (unpaired) electrons. The third-order valence-corrected chi connectivity index (χ3v) is 3.12. The zero-order valence-corrected chi connectivity index (χ0v) is 11.1. The third-order valence-electron chi connectivity index (χ3n) is 3.12. The molecule has 0 saturated heterocycles. The Morgan fingerprint density at radius 1 is 0.842 bits per heavy atom. The summed E-state index contributed by atoms with van der Waals surface area (Å²) < 4.78 is 0. The number of Topliss-reactive ketones (excluding diaryl/α,β-unsaturated/α-hetero) is 2. The van der Waals surface area contributed by atoms with Gasteiger partial charge in [-0.1, -0.05) is 48.5 Å². The monoisotopic (exact) mass is 252 g/mol. The summed E-state index contributed by atoms with van der Waals surface area (Å²) in [5, 5.41) is 0. The minimum atomic E-state index is -0.0693. The molecule has 0 unspecified atom stereocenters. The lowest BCUT2D eigenvalue weighted by Crippen LogP contribution is -2.08. The molecule has 0 amide bonds. The Bertz CT molecular complexity index is 612. The second-order valence-electron chi connectivity index (χ2n) is 4.61. The van der Waals surface area contributed by atoms with Crippen LogP contribution in [0.3, 0.4) is 0 Å². The standard InChI is InChI=1S/C17H16O2/c1-12(18)16-10-6-9-15(17(16)13(2)19)11-14-7-4-3-5-8-14/h3-10H,11H2,1-2H3. The summed E-state index contributed by atoms with van der Waals surface area (Å²) in [5.41, 5.74) is 3.11. The zero-order valence-electron chi connectivity index (χ0n) is 11.1. The van der Waals surface area contributed by atoms with Crippen molar-refractivity contribution in [1.29, 1.82) is 0 Å². The molecular formula is C17H16O2. The van der Waals surface area contributed by atoms with Crippen LogP contribution in [0.15, 0.2) is 48.5 Å². The van der Waals surface area contributed by atoms with Gasteiger partial charge in [0.25, 0.3) is 0 Å². The molecule has 0 N–H and O–H groups in total. The normalized spacial score (nSPS) is 10.2. The van der Waals surface area contributed by atoms with E-state index in [1.54, 1.807) is 6.07 Å². The van der Waals surface area contributed by atoms with Crippen LogP contribution in [0.25, 0.3) is 0 Å². The van der Waals surface area contributed by atoms with Gasteiger partial charge in [0.2, 0.25) is 0 Å². The highest BCUT2D eigenvalue weighted by Gasteiger charge is 2.15. The highest BCUT2D eigenvalue weighted by atomic mass is 16.1. The van der Waals surface area contributed by atoms with Crippen molar-refractivity contribution in [1.82, 2.24) is 0 Å². The Balaban J connectivity index is 2.48. The second kappa shape index (κ2) is 5.61. The van der Waals surface area contributed by atoms with Crippen LogP contribution >= 0.6 is 0 Å². The van der Waals surface area contributed by atoms with E-state index in [0.717, 1.165) is 11.1 Å². The summed E-state index contributed by atoms with van der Waals surface area (Å²) in [6.45, 7) is 3.00. The fourth-order valence-corrected chi connectivity index (χ4v) is 2.27. The Hall–Kier alpha value is -2.22. The number of ketones is 2. The fraction of sp³-hybridized carbons (Fsp3) is 0.176. The summed E-state index contributed by atoms with van der Waals surface area (Å²) in [7, 11) is 0. The average Bonchev–Trinajstić information content (AvgIpc) is 2.39. The fourth-order valence-electron chi connectivity index (χ4n) is 2.27. The number of carbonyl (C=O) groups excluding carboxylic acids is 2. The number of hydrogen-bond acceptors (Lipinski definition) is 2. The topological polar surface area (TPSA) is 34.1 Å². The third kappa shape index (κ3) is 2.97. The molecule has 0 fully saturated rings. The molecule has 0 bridgehead atoms. The van der Waals surface area contributed by atoms with Gasteiger partial charge in [0.1, 0.15) is 0 Å². The number of benzene rings is 2. The van der Waals surface area contributed by atoms with Gasteiger partial charge in [0.15, 0.2) is 11.6 Å². The molecule has 2 aromatic carbocycles. The smallest absolute Gasteiger partial charge is 0.160 e. The van der Waals surface area contributed by atoms with E-state index in [9.17, 15) is 9.59 Å². The van der Waals surface area contributed by atoms with E-state index in [2.05, 4.69) is 0 Å². The van der Waals surface area contributed by atoms with Gasteiger partial charge in [0.05, 0.1) is 0 Å². The predicted octanol–water partition coefficient (Wildman–Crippen LogP) is 3.68. The van der Waals surface area contributed by atoms with Crippen molar-refractivity contribution in [3.05, 3.63) is 70.8 Å². The van der Waals surface area contributed by atoms with Gasteiger partial charge in [-0.05, 0) is 31.4 Å². The zero-order chi connectivity index (χ0) is 13.8. The molecule has 2 aromatic rings. The molecule has 0 spiro atoms. The first-order valence-electron chi connectivity index (χ1n) is 6.27. The first kappa shape index (κ1) is 13.2. The molecule has 96 valence electrons. The van der Waals surface area contributed by atoms with Crippen molar-refractivity contribution in [3.8, 4) is 0 Å². The lowest BCUT2D eigenvalue weighted by Gasteiger charge is -2.11. The summed E-state index contributed by atoms with van der Waals surface area (Å²) in [6, 6.07) is 15.4. The average molecular weight is 252 g/mol. The van der Waals surface area contributed by atoms with Gasteiger partial charge in [-0.25, -0.2) is 0 Å².